The topological polar surface area (TPSA) is 3.24 Å². The molecule has 0 aromatic rings. The van der Waals surface area contributed by atoms with Gasteiger partial charge in [-0.1, -0.05) is 32.1 Å². The molecule has 1 aliphatic heterocycles. The first kappa shape index (κ1) is 12.5. The third-order valence-electron chi connectivity index (χ3n) is 3.69. The van der Waals surface area contributed by atoms with Crippen molar-refractivity contribution >= 4 is 0 Å². The van der Waals surface area contributed by atoms with E-state index in [0.717, 1.165) is 6.04 Å². The van der Waals surface area contributed by atoms with Gasteiger partial charge in [-0.15, -0.1) is 0 Å². The molecule has 86 valence electrons. The fraction of sp³-hybridized carbons (Fsp3) is 0.714. The van der Waals surface area contributed by atoms with Crippen LogP contribution in [0.2, 0.25) is 0 Å². The number of nitrogens with zero attached hydrogens (tertiary/aromatic N) is 1. The minimum Gasteiger partial charge on any atom is -0.303 e. The summed E-state index contributed by atoms with van der Waals surface area (Å²) < 4.78 is 0. The van der Waals surface area contributed by atoms with Gasteiger partial charge >= 0.3 is 0 Å². The van der Waals surface area contributed by atoms with Crippen LogP contribution in [0.3, 0.4) is 0 Å². The predicted octanol–water partition coefficient (Wildman–Crippen LogP) is 3.63. The van der Waals surface area contributed by atoms with E-state index >= 15 is 0 Å². The molecule has 1 rings (SSSR count). The second kappa shape index (κ2) is 6.12. The molecule has 1 saturated heterocycles. The van der Waals surface area contributed by atoms with E-state index in [1.54, 1.807) is 0 Å². The van der Waals surface area contributed by atoms with Crippen LogP contribution in [0.1, 0.15) is 39.5 Å². The van der Waals surface area contributed by atoms with E-state index in [2.05, 4.69) is 38.5 Å². The van der Waals surface area contributed by atoms with E-state index < -0.39 is 0 Å². The quantitative estimate of drug-likeness (QED) is 0.636. The summed E-state index contributed by atoms with van der Waals surface area (Å²) in [6, 6.07) is 0.781. The summed E-state index contributed by atoms with van der Waals surface area (Å²) in [5, 5.41) is 0. The lowest BCUT2D eigenvalue weighted by Gasteiger charge is -2.34. The molecular weight excluding hydrogens is 182 g/mol. The number of rotatable bonds is 4. The zero-order valence-corrected chi connectivity index (χ0v) is 10.5. The molecule has 1 heteroatoms. The highest BCUT2D eigenvalue weighted by molar-refractivity contribution is 5.18. The van der Waals surface area contributed by atoms with Gasteiger partial charge in [-0.05, 0) is 51.3 Å². The molecular formula is C14H25N. The lowest BCUT2D eigenvalue weighted by Crippen LogP contribution is -2.37. The van der Waals surface area contributed by atoms with Crippen LogP contribution in [-0.2, 0) is 0 Å². The smallest absolute Gasteiger partial charge is 0.00979 e. The minimum absolute atomic E-state index is 0.651. The van der Waals surface area contributed by atoms with Crippen LogP contribution in [0, 0.1) is 5.92 Å². The molecule has 0 spiro atoms. The molecule has 0 saturated carbocycles. The van der Waals surface area contributed by atoms with Gasteiger partial charge < -0.3 is 4.90 Å². The monoisotopic (exact) mass is 207 g/mol. The van der Waals surface area contributed by atoms with Crippen molar-refractivity contribution in [1.29, 1.82) is 0 Å². The Labute approximate surface area is 94.9 Å². The molecule has 0 amide bonds. The van der Waals surface area contributed by atoms with Gasteiger partial charge in [0.1, 0.15) is 0 Å². The van der Waals surface area contributed by atoms with Gasteiger partial charge in [-0.3, -0.25) is 0 Å². The van der Waals surface area contributed by atoms with E-state index in [0.29, 0.717) is 5.92 Å². The Kier molecular flexibility index (Phi) is 5.10. The standard InChI is InChI=1S/C14H25N/c1-5-13(6-2)12(3)11-14-9-7-8-10-15(14)4/h5-6,12,14H,1,7-11H2,2-4H3/b13-6+. The molecule has 0 bridgehead atoms. The van der Waals surface area contributed by atoms with Crippen LogP contribution in [0.4, 0.5) is 0 Å². The maximum Gasteiger partial charge on any atom is 0.00979 e. The summed E-state index contributed by atoms with van der Waals surface area (Å²) in [6.07, 6.45) is 9.63. The summed E-state index contributed by atoms with van der Waals surface area (Å²) in [5.41, 5.74) is 1.40. The Balaban J connectivity index is 2.48. The summed E-state index contributed by atoms with van der Waals surface area (Å²) in [7, 11) is 2.26. The van der Waals surface area contributed by atoms with Gasteiger partial charge in [-0.2, -0.15) is 0 Å². The van der Waals surface area contributed by atoms with Crippen molar-refractivity contribution in [3.05, 3.63) is 24.3 Å². The third kappa shape index (κ3) is 3.49. The third-order valence-corrected chi connectivity index (χ3v) is 3.69. The summed E-state index contributed by atoms with van der Waals surface area (Å²) in [4.78, 5) is 2.52. The van der Waals surface area contributed by atoms with E-state index in [1.165, 1.54) is 37.8 Å². The summed E-state index contributed by atoms with van der Waals surface area (Å²) in [5.74, 6) is 0.651. The normalized spacial score (nSPS) is 26.3. The van der Waals surface area contributed by atoms with Crippen LogP contribution in [0.25, 0.3) is 0 Å². The molecule has 0 radical (unpaired) electrons. The second-order valence-electron chi connectivity index (χ2n) is 4.76. The zero-order valence-electron chi connectivity index (χ0n) is 10.5. The average molecular weight is 207 g/mol. The molecule has 1 fully saturated rings. The zero-order chi connectivity index (χ0) is 11.3. The number of hydrogen-bond donors (Lipinski definition) is 0. The van der Waals surface area contributed by atoms with Gasteiger partial charge in [0.2, 0.25) is 0 Å². The highest BCUT2D eigenvalue weighted by atomic mass is 15.1. The van der Waals surface area contributed by atoms with Crippen molar-refractivity contribution in [2.45, 2.75) is 45.6 Å². The molecule has 1 nitrogen and oxygen atoms in total. The second-order valence-corrected chi connectivity index (χ2v) is 4.76. The van der Waals surface area contributed by atoms with E-state index in [4.69, 9.17) is 0 Å². The lowest BCUT2D eigenvalue weighted by molar-refractivity contribution is 0.165. The SMILES string of the molecule is C=C/C(=C\C)C(C)CC1CCCCN1C. The maximum absolute atomic E-state index is 3.88. The van der Waals surface area contributed by atoms with Crippen molar-refractivity contribution in [3.8, 4) is 0 Å². The van der Waals surface area contributed by atoms with E-state index in [1.807, 2.05) is 6.08 Å². The molecule has 1 heterocycles. The van der Waals surface area contributed by atoms with Crippen LogP contribution < -0.4 is 0 Å². The highest BCUT2D eigenvalue weighted by Crippen LogP contribution is 2.25. The van der Waals surface area contributed by atoms with Gasteiger partial charge in [-0.25, -0.2) is 0 Å². The molecule has 0 N–H and O–H groups in total. The lowest BCUT2D eigenvalue weighted by atomic mass is 9.89. The van der Waals surface area contributed by atoms with Crippen LogP contribution in [0.15, 0.2) is 24.3 Å². The van der Waals surface area contributed by atoms with Crippen molar-refractivity contribution in [1.82, 2.24) is 4.90 Å². The number of hydrogen-bond acceptors (Lipinski definition) is 1. The van der Waals surface area contributed by atoms with Gasteiger partial charge in [0.25, 0.3) is 0 Å². The van der Waals surface area contributed by atoms with Gasteiger partial charge in [0, 0.05) is 6.04 Å². The number of allylic oxidation sites excluding steroid dienone is 3. The first-order valence-electron chi connectivity index (χ1n) is 6.18. The maximum atomic E-state index is 3.88. The van der Waals surface area contributed by atoms with Gasteiger partial charge in [0.15, 0.2) is 0 Å². The summed E-state index contributed by atoms with van der Waals surface area (Å²) in [6.45, 7) is 9.59. The molecule has 1 aliphatic rings. The van der Waals surface area contributed by atoms with Crippen molar-refractivity contribution in [2.24, 2.45) is 5.92 Å². The fourth-order valence-electron chi connectivity index (χ4n) is 2.59. The Morgan fingerprint density at radius 2 is 2.27 bits per heavy atom. The van der Waals surface area contributed by atoms with E-state index in [9.17, 15) is 0 Å². The molecule has 0 aliphatic carbocycles. The first-order chi connectivity index (χ1) is 7.19. The average Bonchev–Trinajstić information content (AvgIpc) is 2.23. The summed E-state index contributed by atoms with van der Waals surface area (Å²) >= 11 is 0. The molecule has 15 heavy (non-hydrogen) atoms. The Morgan fingerprint density at radius 1 is 1.53 bits per heavy atom. The largest absolute Gasteiger partial charge is 0.303 e. The first-order valence-corrected chi connectivity index (χ1v) is 6.18. The number of piperidine rings is 1. The van der Waals surface area contributed by atoms with Crippen molar-refractivity contribution < 1.29 is 0 Å². The predicted molar refractivity (Wildman–Crippen MR) is 68.0 cm³/mol. The van der Waals surface area contributed by atoms with E-state index in [-0.39, 0.29) is 0 Å². The minimum atomic E-state index is 0.651. The Hall–Kier alpha value is -0.560. The molecule has 0 aromatic carbocycles. The Bertz CT molecular complexity index is 229. The molecule has 0 aromatic heterocycles. The van der Waals surface area contributed by atoms with Crippen LogP contribution in [0.5, 0.6) is 0 Å². The van der Waals surface area contributed by atoms with Crippen LogP contribution in [-0.4, -0.2) is 24.5 Å². The van der Waals surface area contributed by atoms with Crippen molar-refractivity contribution in [3.63, 3.8) is 0 Å². The molecule has 2 unspecified atom stereocenters. The highest BCUT2D eigenvalue weighted by Gasteiger charge is 2.21. The molecule has 2 atom stereocenters. The Morgan fingerprint density at radius 3 is 2.80 bits per heavy atom. The van der Waals surface area contributed by atoms with Crippen LogP contribution >= 0.6 is 0 Å². The number of likely N-dealkylation sites (tertiary alicyclic amines) is 1. The fourth-order valence-corrected chi connectivity index (χ4v) is 2.59. The van der Waals surface area contributed by atoms with Crippen molar-refractivity contribution in [2.75, 3.05) is 13.6 Å². The van der Waals surface area contributed by atoms with Gasteiger partial charge in [0.05, 0.1) is 0 Å².